The van der Waals surface area contributed by atoms with Gasteiger partial charge in [0.05, 0.1) is 17.9 Å². The molecule has 1 aromatic heterocycles. The van der Waals surface area contributed by atoms with E-state index in [4.69, 9.17) is 0 Å². The van der Waals surface area contributed by atoms with E-state index in [-0.39, 0.29) is 5.56 Å². The molecule has 6 nitrogen and oxygen atoms in total. The Morgan fingerprint density at radius 1 is 0.920 bits per heavy atom. The monoisotopic (exact) mass is 334 g/mol. The molecule has 4 rings (SSSR count). The largest absolute Gasteiger partial charge is 0.358 e. The highest BCUT2D eigenvalue weighted by atomic mass is 16.2. The third kappa shape index (κ3) is 2.99. The standard InChI is InChI=1S/C19H18N4O2/c24-18-16-12-22(11-14-7-3-1-4-8-14)13-20-17(16)23(19(25)21-18)15-9-5-2-6-10-15/h1-10,20H,11-13H2,(H,21,24,25). The van der Waals surface area contributed by atoms with Gasteiger partial charge in [-0.2, -0.15) is 0 Å². The molecule has 6 heteroatoms. The molecule has 1 aliphatic heterocycles. The average Bonchev–Trinajstić information content (AvgIpc) is 2.64. The second-order valence-corrected chi connectivity index (χ2v) is 6.06. The molecule has 0 spiro atoms. The molecule has 0 unspecified atom stereocenters. The van der Waals surface area contributed by atoms with Crippen molar-refractivity contribution in [3.8, 4) is 5.69 Å². The highest BCUT2D eigenvalue weighted by molar-refractivity contribution is 5.51. The second kappa shape index (κ2) is 6.41. The van der Waals surface area contributed by atoms with Gasteiger partial charge in [-0.05, 0) is 17.7 Å². The van der Waals surface area contributed by atoms with Crippen LogP contribution in [0.25, 0.3) is 5.69 Å². The van der Waals surface area contributed by atoms with Crippen LogP contribution < -0.4 is 16.6 Å². The van der Waals surface area contributed by atoms with E-state index in [2.05, 4.69) is 27.3 Å². The lowest BCUT2D eigenvalue weighted by Gasteiger charge is -2.30. The molecule has 3 aromatic rings. The summed E-state index contributed by atoms with van der Waals surface area (Å²) in [5.74, 6) is 0.573. The Balaban J connectivity index is 1.71. The zero-order valence-electron chi connectivity index (χ0n) is 13.6. The van der Waals surface area contributed by atoms with E-state index in [1.54, 1.807) is 0 Å². The van der Waals surface area contributed by atoms with Crippen LogP contribution in [-0.4, -0.2) is 21.1 Å². The van der Waals surface area contributed by atoms with Crippen molar-refractivity contribution < 1.29 is 0 Å². The predicted octanol–water partition coefficient (Wildman–Crippen LogP) is 1.91. The van der Waals surface area contributed by atoms with E-state index >= 15 is 0 Å². The van der Waals surface area contributed by atoms with Gasteiger partial charge in [0.15, 0.2) is 0 Å². The molecule has 0 fully saturated rings. The number of nitrogens with one attached hydrogen (secondary N) is 2. The van der Waals surface area contributed by atoms with Gasteiger partial charge in [-0.15, -0.1) is 0 Å². The van der Waals surface area contributed by atoms with Crippen molar-refractivity contribution >= 4 is 5.82 Å². The minimum absolute atomic E-state index is 0.336. The van der Waals surface area contributed by atoms with Gasteiger partial charge in [0.1, 0.15) is 5.82 Å². The maximum Gasteiger partial charge on any atom is 0.334 e. The van der Waals surface area contributed by atoms with Crippen molar-refractivity contribution in [2.24, 2.45) is 0 Å². The molecule has 1 aliphatic rings. The van der Waals surface area contributed by atoms with Crippen molar-refractivity contribution in [3.63, 3.8) is 0 Å². The van der Waals surface area contributed by atoms with E-state index in [1.165, 1.54) is 10.1 Å². The molecule has 126 valence electrons. The van der Waals surface area contributed by atoms with Crippen LogP contribution in [0, 0.1) is 0 Å². The molecule has 0 saturated carbocycles. The van der Waals surface area contributed by atoms with Crippen LogP contribution in [0.1, 0.15) is 11.1 Å². The van der Waals surface area contributed by atoms with Gasteiger partial charge in [0, 0.05) is 13.1 Å². The fraction of sp³-hybridized carbons (Fsp3) is 0.158. The third-order valence-corrected chi connectivity index (χ3v) is 4.32. The number of anilines is 1. The first-order valence-corrected chi connectivity index (χ1v) is 8.16. The number of hydrogen-bond acceptors (Lipinski definition) is 4. The zero-order chi connectivity index (χ0) is 17.2. The molecule has 2 N–H and O–H groups in total. The number of nitrogens with zero attached hydrogens (tertiary/aromatic N) is 2. The van der Waals surface area contributed by atoms with Crippen molar-refractivity contribution in [3.05, 3.63) is 92.6 Å². The second-order valence-electron chi connectivity index (χ2n) is 6.06. The topological polar surface area (TPSA) is 70.1 Å². The normalized spacial score (nSPS) is 13.9. The fourth-order valence-electron chi connectivity index (χ4n) is 3.15. The first-order chi connectivity index (χ1) is 12.2. The van der Waals surface area contributed by atoms with Gasteiger partial charge in [-0.25, -0.2) is 9.36 Å². The summed E-state index contributed by atoms with van der Waals surface area (Å²) in [4.78, 5) is 29.2. The van der Waals surface area contributed by atoms with E-state index in [1.807, 2.05) is 48.5 Å². The minimum Gasteiger partial charge on any atom is -0.358 e. The number of aromatic amines is 1. The van der Waals surface area contributed by atoms with Crippen LogP contribution in [0.15, 0.2) is 70.3 Å². The van der Waals surface area contributed by atoms with Gasteiger partial charge < -0.3 is 5.32 Å². The summed E-state index contributed by atoms with van der Waals surface area (Å²) in [6.07, 6.45) is 0. The summed E-state index contributed by atoms with van der Waals surface area (Å²) >= 11 is 0. The van der Waals surface area contributed by atoms with Crippen LogP contribution in [0.3, 0.4) is 0 Å². The molecule has 0 atom stereocenters. The van der Waals surface area contributed by atoms with Crippen molar-refractivity contribution in [2.75, 3.05) is 12.0 Å². The van der Waals surface area contributed by atoms with Gasteiger partial charge in [-0.3, -0.25) is 14.7 Å². The molecule has 2 heterocycles. The highest BCUT2D eigenvalue weighted by Crippen LogP contribution is 2.21. The van der Waals surface area contributed by atoms with E-state index in [0.717, 1.165) is 12.2 Å². The number of benzene rings is 2. The maximum absolute atomic E-state index is 12.3. The summed E-state index contributed by atoms with van der Waals surface area (Å²) in [5, 5.41) is 3.25. The molecule has 0 bridgehead atoms. The van der Waals surface area contributed by atoms with Gasteiger partial charge in [0.2, 0.25) is 0 Å². The van der Waals surface area contributed by atoms with Crippen LogP contribution in [0.2, 0.25) is 0 Å². The quantitative estimate of drug-likeness (QED) is 0.768. The fourth-order valence-corrected chi connectivity index (χ4v) is 3.15. The van der Waals surface area contributed by atoms with Crippen molar-refractivity contribution in [2.45, 2.75) is 13.1 Å². The summed E-state index contributed by atoms with van der Waals surface area (Å²) in [6, 6.07) is 19.4. The van der Waals surface area contributed by atoms with Crippen LogP contribution in [-0.2, 0) is 13.1 Å². The van der Waals surface area contributed by atoms with Gasteiger partial charge in [-0.1, -0.05) is 48.5 Å². The number of aromatic nitrogens is 2. The molecule has 0 amide bonds. The third-order valence-electron chi connectivity index (χ3n) is 4.32. The molecule has 0 radical (unpaired) electrons. The first-order valence-electron chi connectivity index (χ1n) is 8.16. The average molecular weight is 334 g/mol. The lowest BCUT2D eigenvalue weighted by atomic mass is 10.1. The Labute approximate surface area is 144 Å². The Morgan fingerprint density at radius 3 is 2.32 bits per heavy atom. The van der Waals surface area contributed by atoms with E-state index in [9.17, 15) is 9.59 Å². The summed E-state index contributed by atoms with van der Waals surface area (Å²) in [6.45, 7) is 1.79. The van der Waals surface area contributed by atoms with Crippen LogP contribution >= 0.6 is 0 Å². The lowest BCUT2D eigenvalue weighted by Crippen LogP contribution is -2.42. The van der Waals surface area contributed by atoms with Crippen molar-refractivity contribution in [1.29, 1.82) is 0 Å². The SMILES string of the molecule is O=c1[nH]c(=O)n(-c2ccccc2)c2c1CN(Cc1ccccc1)CN2. The summed E-state index contributed by atoms with van der Waals surface area (Å²) in [7, 11) is 0. The van der Waals surface area contributed by atoms with Gasteiger partial charge in [0.25, 0.3) is 5.56 Å². The first kappa shape index (κ1) is 15.4. The Bertz CT molecular complexity index is 993. The summed E-state index contributed by atoms with van der Waals surface area (Å²) < 4.78 is 1.52. The van der Waals surface area contributed by atoms with E-state index < -0.39 is 5.69 Å². The molecular weight excluding hydrogens is 316 g/mol. The predicted molar refractivity (Wildman–Crippen MR) is 96.8 cm³/mol. The Morgan fingerprint density at radius 2 is 1.60 bits per heavy atom. The van der Waals surface area contributed by atoms with Gasteiger partial charge >= 0.3 is 5.69 Å². The number of hydrogen-bond donors (Lipinski definition) is 2. The smallest absolute Gasteiger partial charge is 0.334 e. The van der Waals surface area contributed by atoms with Crippen LogP contribution in [0.5, 0.6) is 0 Å². The van der Waals surface area contributed by atoms with Crippen molar-refractivity contribution in [1.82, 2.24) is 14.5 Å². The molecular formula is C19H18N4O2. The highest BCUT2D eigenvalue weighted by Gasteiger charge is 2.23. The summed E-state index contributed by atoms with van der Waals surface area (Å²) in [5.41, 5.74) is 1.71. The number of para-hydroxylation sites is 1. The molecule has 0 aliphatic carbocycles. The Hall–Kier alpha value is -3.12. The maximum atomic E-state index is 12.3. The molecule has 2 aromatic carbocycles. The number of rotatable bonds is 3. The lowest BCUT2D eigenvalue weighted by molar-refractivity contribution is 0.263. The number of fused-ring (bicyclic) bond motifs is 1. The molecule has 25 heavy (non-hydrogen) atoms. The minimum atomic E-state index is -0.432. The zero-order valence-corrected chi connectivity index (χ0v) is 13.6. The Kier molecular flexibility index (Phi) is 3.95. The van der Waals surface area contributed by atoms with Crippen LogP contribution in [0.4, 0.5) is 5.82 Å². The number of H-pyrrole nitrogens is 1. The van der Waals surface area contributed by atoms with E-state index in [0.29, 0.717) is 24.6 Å². The molecule has 0 saturated heterocycles.